The van der Waals surface area contributed by atoms with E-state index in [1.165, 1.54) is 11.0 Å². The fourth-order valence-corrected chi connectivity index (χ4v) is 1.40. The highest BCUT2D eigenvalue weighted by Crippen LogP contribution is 2.02. The second-order valence-electron chi connectivity index (χ2n) is 3.31. The van der Waals surface area contributed by atoms with Crippen molar-refractivity contribution in [1.82, 2.24) is 19.3 Å². The van der Waals surface area contributed by atoms with Crippen LogP contribution in [0.15, 0.2) is 24.7 Å². The first kappa shape index (κ1) is 10.1. The molecule has 2 heterocycles. The zero-order valence-electron chi connectivity index (χ0n) is 8.66. The highest BCUT2D eigenvalue weighted by atomic mass is 16.1. The number of hydrogen-bond donors (Lipinski definition) is 0. The summed E-state index contributed by atoms with van der Waals surface area (Å²) in [6.45, 7) is 0.0898. The maximum absolute atomic E-state index is 11.8. The van der Waals surface area contributed by atoms with Crippen LogP contribution >= 0.6 is 0 Å². The molecule has 0 aromatic carbocycles. The average molecular weight is 215 g/mol. The zero-order valence-corrected chi connectivity index (χ0v) is 8.66. The van der Waals surface area contributed by atoms with Crippen molar-refractivity contribution in [1.29, 1.82) is 5.26 Å². The fraction of sp³-hybridized carbons (Fsp3) is 0.200. The summed E-state index contributed by atoms with van der Waals surface area (Å²) in [6.07, 6.45) is 3.18. The van der Waals surface area contributed by atoms with Crippen molar-refractivity contribution in [2.24, 2.45) is 7.05 Å². The molecule has 16 heavy (non-hydrogen) atoms. The van der Waals surface area contributed by atoms with E-state index in [1.807, 2.05) is 6.07 Å². The van der Waals surface area contributed by atoms with Crippen LogP contribution in [0.4, 0.5) is 0 Å². The number of Topliss-reactive ketones (excluding diaryl/α,β-unsaturated/α-hetero) is 1. The van der Waals surface area contributed by atoms with Crippen molar-refractivity contribution in [2.45, 2.75) is 6.54 Å². The first-order valence-electron chi connectivity index (χ1n) is 4.65. The Balaban J connectivity index is 2.14. The van der Waals surface area contributed by atoms with Gasteiger partial charge < -0.3 is 4.57 Å². The van der Waals surface area contributed by atoms with Gasteiger partial charge in [0.2, 0.25) is 5.78 Å². The van der Waals surface area contributed by atoms with E-state index in [0.29, 0.717) is 5.69 Å². The van der Waals surface area contributed by atoms with Gasteiger partial charge in [0.05, 0.1) is 5.69 Å². The number of aromatic nitrogens is 4. The Morgan fingerprint density at radius 2 is 2.44 bits per heavy atom. The molecule has 0 radical (unpaired) electrons. The van der Waals surface area contributed by atoms with Gasteiger partial charge in [-0.15, -0.1) is 5.10 Å². The molecule has 0 atom stereocenters. The lowest BCUT2D eigenvalue weighted by Gasteiger charge is -2.01. The van der Waals surface area contributed by atoms with Gasteiger partial charge in [-0.3, -0.25) is 4.79 Å². The summed E-state index contributed by atoms with van der Waals surface area (Å²) in [5.41, 5.74) is 0.606. The summed E-state index contributed by atoms with van der Waals surface area (Å²) in [5.74, 6) is 0.00145. The van der Waals surface area contributed by atoms with Crippen LogP contribution in [0.5, 0.6) is 0 Å². The maximum atomic E-state index is 11.8. The van der Waals surface area contributed by atoms with Crippen LogP contribution < -0.4 is 0 Å². The van der Waals surface area contributed by atoms with E-state index in [4.69, 9.17) is 5.26 Å². The second-order valence-corrected chi connectivity index (χ2v) is 3.31. The smallest absolute Gasteiger partial charge is 0.252 e. The van der Waals surface area contributed by atoms with E-state index in [0.717, 1.165) is 0 Å². The predicted octanol–water partition coefficient (Wildman–Crippen LogP) is 0.371. The molecule has 0 N–H and O–H groups in total. The molecule has 0 amide bonds. The second kappa shape index (κ2) is 3.98. The van der Waals surface area contributed by atoms with Crippen LogP contribution in [0.2, 0.25) is 0 Å². The van der Waals surface area contributed by atoms with Gasteiger partial charge in [-0.1, -0.05) is 0 Å². The fourth-order valence-electron chi connectivity index (χ4n) is 1.40. The highest BCUT2D eigenvalue weighted by Gasteiger charge is 2.10. The lowest BCUT2D eigenvalue weighted by atomic mass is 10.3. The van der Waals surface area contributed by atoms with Crippen LogP contribution in [-0.4, -0.2) is 25.1 Å². The largest absolute Gasteiger partial charge is 0.348 e. The van der Waals surface area contributed by atoms with Crippen LogP contribution in [0.25, 0.3) is 0 Å². The summed E-state index contributed by atoms with van der Waals surface area (Å²) < 4.78 is 3.10. The van der Waals surface area contributed by atoms with E-state index in [-0.39, 0.29) is 18.2 Å². The standard InChI is InChI=1S/C10H9N5O/c1-14-4-2-3-8(14)9(16)6-15-7-12-10(5-11)13-15/h2-4,7H,6H2,1H3. The normalized spacial score (nSPS) is 10.0. The van der Waals surface area contributed by atoms with Gasteiger partial charge in [0.25, 0.3) is 5.82 Å². The molecule has 0 bridgehead atoms. The Bertz CT molecular complexity index is 560. The average Bonchev–Trinajstić information content (AvgIpc) is 2.86. The number of nitrogens with zero attached hydrogens (tertiary/aromatic N) is 5. The number of rotatable bonds is 3. The van der Waals surface area contributed by atoms with Crippen LogP contribution in [0, 0.1) is 11.3 Å². The summed E-state index contributed by atoms with van der Waals surface area (Å²) in [6, 6.07) is 5.35. The third kappa shape index (κ3) is 1.83. The molecule has 6 nitrogen and oxygen atoms in total. The molecule has 2 aromatic rings. The van der Waals surface area contributed by atoms with Crippen LogP contribution in [0.3, 0.4) is 0 Å². The summed E-state index contributed by atoms with van der Waals surface area (Å²) in [4.78, 5) is 15.5. The Hall–Kier alpha value is -2.42. The molecular formula is C10H9N5O. The lowest BCUT2D eigenvalue weighted by Crippen LogP contribution is -2.14. The summed E-state index contributed by atoms with van der Waals surface area (Å²) in [7, 11) is 1.80. The molecule has 0 aliphatic rings. The molecular weight excluding hydrogens is 206 g/mol. The van der Waals surface area contributed by atoms with Crippen LogP contribution in [-0.2, 0) is 13.6 Å². The Morgan fingerprint density at radius 1 is 1.62 bits per heavy atom. The third-order valence-corrected chi connectivity index (χ3v) is 2.17. The molecule has 80 valence electrons. The monoisotopic (exact) mass is 215 g/mol. The zero-order chi connectivity index (χ0) is 11.5. The molecule has 0 saturated heterocycles. The van der Waals surface area contributed by atoms with Gasteiger partial charge in [0.1, 0.15) is 18.9 Å². The molecule has 0 aliphatic heterocycles. The molecule has 0 unspecified atom stereocenters. The van der Waals surface area contributed by atoms with Crippen LogP contribution in [0.1, 0.15) is 16.3 Å². The van der Waals surface area contributed by atoms with Crippen molar-refractivity contribution in [3.05, 3.63) is 36.2 Å². The van der Waals surface area contributed by atoms with E-state index < -0.39 is 0 Å². The van der Waals surface area contributed by atoms with Gasteiger partial charge in [0.15, 0.2) is 0 Å². The summed E-state index contributed by atoms with van der Waals surface area (Å²) in [5, 5.41) is 12.4. The molecule has 6 heteroatoms. The molecule has 2 aromatic heterocycles. The number of carbonyl (C=O) groups is 1. The van der Waals surface area contributed by atoms with Gasteiger partial charge in [-0.2, -0.15) is 5.26 Å². The number of ketones is 1. The number of hydrogen-bond acceptors (Lipinski definition) is 4. The third-order valence-electron chi connectivity index (χ3n) is 2.17. The molecule has 0 fully saturated rings. The number of carbonyl (C=O) groups excluding carboxylic acids is 1. The van der Waals surface area contributed by atoms with Crippen molar-refractivity contribution >= 4 is 5.78 Å². The molecule has 0 aliphatic carbocycles. The first-order valence-corrected chi connectivity index (χ1v) is 4.65. The molecule has 0 spiro atoms. The van der Waals surface area contributed by atoms with Gasteiger partial charge in [-0.05, 0) is 12.1 Å². The topological polar surface area (TPSA) is 76.5 Å². The molecule has 0 saturated carbocycles. The van der Waals surface area contributed by atoms with E-state index in [2.05, 4.69) is 10.1 Å². The van der Waals surface area contributed by atoms with Gasteiger partial charge in [-0.25, -0.2) is 9.67 Å². The quantitative estimate of drug-likeness (QED) is 0.693. The van der Waals surface area contributed by atoms with Gasteiger partial charge >= 0.3 is 0 Å². The summed E-state index contributed by atoms with van der Waals surface area (Å²) >= 11 is 0. The minimum absolute atomic E-state index is 0.0677. The van der Waals surface area contributed by atoms with Gasteiger partial charge in [0, 0.05) is 13.2 Å². The minimum Gasteiger partial charge on any atom is -0.348 e. The maximum Gasteiger partial charge on any atom is 0.252 e. The highest BCUT2D eigenvalue weighted by molar-refractivity contribution is 5.94. The molecule has 2 rings (SSSR count). The first-order chi connectivity index (χ1) is 7.70. The minimum atomic E-state index is -0.0677. The van der Waals surface area contributed by atoms with Crippen molar-refractivity contribution < 1.29 is 4.79 Å². The number of nitriles is 1. The van der Waals surface area contributed by atoms with Crippen molar-refractivity contribution in [3.63, 3.8) is 0 Å². The Morgan fingerprint density at radius 3 is 3.00 bits per heavy atom. The Kier molecular flexibility index (Phi) is 2.52. The van der Waals surface area contributed by atoms with Crippen molar-refractivity contribution in [3.8, 4) is 6.07 Å². The number of aryl methyl sites for hydroxylation is 1. The predicted molar refractivity (Wildman–Crippen MR) is 54.5 cm³/mol. The Labute approximate surface area is 91.7 Å². The lowest BCUT2D eigenvalue weighted by molar-refractivity contribution is 0.0959. The van der Waals surface area contributed by atoms with E-state index in [1.54, 1.807) is 29.9 Å². The SMILES string of the molecule is Cn1cccc1C(=O)Cn1cnc(C#N)n1. The van der Waals surface area contributed by atoms with Crippen molar-refractivity contribution in [2.75, 3.05) is 0 Å². The van der Waals surface area contributed by atoms with E-state index >= 15 is 0 Å². The van der Waals surface area contributed by atoms with E-state index in [9.17, 15) is 4.79 Å².